The van der Waals surface area contributed by atoms with Gasteiger partial charge in [-0.05, 0) is 38.1 Å². The van der Waals surface area contributed by atoms with Crippen molar-refractivity contribution in [2.24, 2.45) is 17.6 Å². The Labute approximate surface area is 115 Å². The van der Waals surface area contributed by atoms with Crippen molar-refractivity contribution in [1.29, 1.82) is 0 Å². The highest BCUT2D eigenvalue weighted by Gasteiger charge is 2.16. The van der Waals surface area contributed by atoms with Gasteiger partial charge in [-0.15, -0.1) is 0 Å². The van der Waals surface area contributed by atoms with E-state index in [0.717, 1.165) is 18.4 Å². The van der Waals surface area contributed by atoms with Gasteiger partial charge in [0.15, 0.2) is 0 Å². The Morgan fingerprint density at radius 1 is 1.42 bits per heavy atom. The number of hydrogen-bond donors (Lipinski definition) is 3. The number of nitrogens with zero attached hydrogens (tertiary/aromatic N) is 1. The summed E-state index contributed by atoms with van der Waals surface area (Å²) in [6, 6.07) is -0.00161. The van der Waals surface area contributed by atoms with Crippen LogP contribution in [0.5, 0.6) is 0 Å². The van der Waals surface area contributed by atoms with Crippen LogP contribution in [-0.4, -0.2) is 22.6 Å². The maximum Gasteiger partial charge on any atom is 0.220 e. The molecule has 0 saturated heterocycles. The zero-order valence-electron chi connectivity index (χ0n) is 12.1. The molecule has 0 bridgehead atoms. The molecule has 0 aliphatic heterocycles. The summed E-state index contributed by atoms with van der Waals surface area (Å²) in [4.78, 5) is 11.9. The highest BCUT2D eigenvalue weighted by Crippen LogP contribution is 2.20. The number of carbonyl (C=O) groups excluding carboxylic acids is 1. The van der Waals surface area contributed by atoms with E-state index in [0.29, 0.717) is 24.8 Å². The summed E-state index contributed by atoms with van der Waals surface area (Å²) in [5.74, 6) is 1.19. The summed E-state index contributed by atoms with van der Waals surface area (Å²) in [7, 11) is 0. The van der Waals surface area contributed by atoms with Gasteiger partial charge in [0.2, 0.25) is 5.91 Å². The lowest BCUT2D eigenvalue weighted by Gasteiger charge is -2.20. The molecule has 0 aliphatic rings. The minimum atomic E-state index is -0.00161. The molecule has 4 N–H and O–H groups in total. The van der Waals surface area contributed by atoms with E-state index in [1.807, 2.05) is 6.92 Å². The molecule has 5 heteroatoms. The third-order valence-electron chi connectivity index (χ3n) is 3.62. The molecule has 0 aliphatic carbocycles. The number of nitrogens with two attached hydrogens (primary N) is 1. The maximum atomic E-state index is 11.9. The summed E-state index contributed by atoms with van der Waals surface area (Å²) in [6.07, 6.45) is 5.98. The molecule has 0 spiro atoms. The quantitative estimate of drug-likeness (QED) is 0.672. The Balaban J connectivity index is 2.34. The molecule has 1 rings (SSSR count). The van der Waals surface area contributed by atoms with E-state index in [1.54, 1.807) is 12.4 Å². The van der Waals surface area contributed by atoms with Crippen molar-refractivity contribution in [3.8, 4) is 0 Å². The number of aromatic amines is 1. The van der Waals surface area contributed by atoms with Gasteiger partial charge in [-0.25, -0.2) is 0 Å². The van der Waals surface area contributed by atoms with Crippen molar-refractivity contribution in [3.63, 3.8) is 0 Å². The minimum absolute atomic E-state index is 0.00161. The Morgan fingerprint density at radius 2 is 2.16 bits per heavy atom. The second kappa shape index (κ2) is 7.94. The first kappa shape index (κ1) is 15.7. The fraction of sp³-hybridized carbons (Fsp3) is 0.714. The van der Waals surface area contributed by atoms with Crippen LogP contribution in [0.15, 0.2) is 12.4 Å². The second-order valence-electron chi connectivity index (χ2n) is 5.44. The van der Waals surface area contributed by atoms with Gasteiger partial charge < -0.3 is 11.1 Å². The van der Waals surface area contributed by atoms with Crippen LogP contribution in [0, 0.1) is 11.8 Å². The molecule has 19 heavy (non-hydrogen) atoms. The number of hydrogen-bond acceptors (Lipinski definition) is 3. The standard InChI is InChI=1S/C14H26N4O/c1-10(2)12(6-7-15)4-5-14(19)18-11(3)13-8-16-17-9-13/h8-12H,4-7,15H2,1-3H3,(H,16,17)(H,18,19). The molecule has 1 aromatic heterocycles. The smallest absolute Gasteiger partial charge is 0.220 e. The predicted octanol–water partition coefficient (Wildman–Crippen LogP) is 1.99. The molecule has 0 fully saturated rings. The first-order valence-corrected chi connectivity index (χ1v) is 7.02. The second-order valence-corrected chi connectivity index (χ2v) is 5.44. The molecule has 1 amide bonds. The van der Waals surface area contributed by atoms with E-state index >= 15 is 0 Å². The summed E-state index contributed by atoms with van der Waals surface area (Å²) in [6.45, 7) is 7.02. The Morgan fingerprint density at radius 3 is 2.68 bits per heavy atom. The molecule has 0 radical (unpaired) electrons. The SMILES string of the molecule is CC(NC(=O)CCC(CCN)C(C)C)c1cn[nH]c1. The average molecular weight is 266 g/mol. The van der Waals surface area contributed by atoms with Crippen LogP contribution in [0.25, 0.3) is 0 Å². The summed E-state index contributed by atoms with van der Waals surface area (Å²) >= 11 is 0. The number of amides is 1. The molecule has 1 aromatic rings. The van der Waals surface area contributed by atoms with Gasteiger partial charge in [-0.1, -0.05) is 13.8 Å². The number of carbonyl (C=O) groups is 1. The zero-order chi connectivity index (χ0) is 14.3. The van der Waals surface area contributed by atoms with Crippen LogP contribution >= 0.6 is 0 Å². The monoisotopic (exact) mass is 266 g/mol. The largest absolute Gasteiger partial charge is 0.349 e. The van der Waals surface area contributed by atoms with Crippen LogP contribution < -0.4 is 11.1 Å². The van der Waals surface area contributed by atoms with E-state index < -0.39 is 0 Å². The third-order valence-corrected chi connectivity index (χ3v) is 3.62. The normalized spacial score (nSPS) is 14.4. The molecule has 1 heterocycles. The van der Waals surface area contributed by atoms with Crippen molar-refractivity contribution in [2.45, 2.75) is 46.1 Å². The van der Waals surface area contributed by atoms with Crippen molar-refractivity contribution >= 4 is 5.91 Å². The highest BCUT2D eigenvalue weighted by atomic mass is 16.1. The average Bonchev–Trinajstić information content (AvgIpc) is 2.87. The van der Waals surface area contributed by atoms with Gasteiger partial charge in [0, 0.05) is 18.2 Å². The van der Waals surface area contributed by atoms with Crippen molar-refractivity contribution in [3.05, 3.63) is 18.0 Å². The van der Waals surface area contributed by atoms with Crippen LogP contribution in [-0.2, 0) is 4.79 Å². The van der Waals surface area contributed by atoms with Gasteiger partial charge >= 0.3 is 0 Å². The summed E-state index contributed by atoms with van der Waals surface area (Å²) in [5.41, 5.74) is 6.60. The molecule has 108 valence electrons. The van der Waals surface area contributed by atoms with Gasteiger partial charge in [0.05, 0.1) is 12.2 Å². The van der Waals surface area contributed by atoms with E-state index in [9.17, 15) is 4.79 Å². The van der Waals surface area contributed by atoms with Crippen LogP contribution in [0.3, 0.4) is 0 Å². The lowest BCUT2D eigenvalue weighted by Crippen LogP contribution is -2.27. The minimum Gasteiger partial charge on any atom is -0.349 e. The fourth-order valence-corrected chi connectivity index (χ4v) is 2.24. The lowest BCUT2D eigenvalue weighted by atomic mass is 9.88. The van der Waals surface area contributed by atoms with Crippen LogP contribution in [0.2, 0.25) is 0 Å². The summed E-state index contributed by atoms with van der Waals surface area (Å²) in [5, 5.41) is 9.62. The number of nitrogens with one attached hydrogen (secondary N) is 2. The summed E-state index contributed by atoms with van der Waals surface area (Å²) < 4.78 is 0. The number of aromatic nitrogens is 2. The lowest BCUT2D eigenvalue weighted by molar-refractivity contribution is -0.122. The van der Waals surface area contributed by atoms with E-state index in [2.05, 4.69) is 29.4 Å². The zero-order valence-corrected chi connectivity index (χ0v) is 12.1. The molecule has 2 atom stereocenters. The highest BCUT2D eigenvalue weighted by molar-refractivity contribution is 5.76. The predicted molar refractivity (Wildman–Crippen MR) is 76.4 cm³/mol. The molecular formula is C14H26N4O. The molecule has 0 saturated carbocycles. The first-order valence-electron chi connectivity index (χ1n) is 7.02. The third kappa shape index (κ3) is 5.42. The van der Waals surface area contributed by atoms with E-state index in [-0.39, 0.29) is 11.9 Å². The van der Waals surface area contributed by atoms with E-state index in [1.165, 1.54) is 0 Å². The van der Waals surface area contributed by atoms with Crippen molar-refractivity contribution in [1.82, 2.24) is 15.5 Å². The Hall–Kier alpha value is -1.36. The van der Waals surface area contributed by atoms with Crippen molar-refractivity contribution < 1.29 is 4.79 Å². The first-order chi connectivity index (χ1) is 9.04. The topological polar surface area (TPSA) is 83.8 Å². The van der Waals surface area contributed by atoms with E-state index in [4.69, 9.17) is 5.73 Å². The molecular weight excluding hydrogens is 240 g/mol. The van der Waals surface area contributed by atoms with Crippen molar-refractivity contribution in [2.75, 3.05) is 6.54 Å². The molecule has 2 unspecified atom stereocenters. The number of rotatable bonds is 8. The van der Waals surface area contributed by atoms with Gasteiger partial charge in [-0.3, -0.25) is 9.89 Å². The van der Waals surface area contributed by atoms with Gasteiger partial charge in [0.1, 0.15) is 0 Å². The Kier molecular flexibility index (Phi) is 6.56. The molecule has 5 nitrogen and oxygen atoms in total. The van der Waals surface area contributed by atoms with Gasteiger partial charge in [0.25, 0.3) is 0 Å². The van der Waals surface area contributed by atoms with Crippen LogP contribution in [0.1, 0.15) is 51.6 Å². The van der Waals surface area contributed by atoms with Crippen LogP contribution in [0.4, 0.5) is 0 Å². The maximum absolute atomic E-state index is 11.9. The molecule has 0 aromatic carbocycles. The van der Waals surface area contributed by atoms with Gasteiger partial charge in [-0.2, -0.15) is 5.10 Å². The Bertz CT molecular complexity index is 362. The fourth-order valence-electron chi connectivity index (χ4n) is 2.24. The number of H-pyrrole nitrogens is 1.